The van der Waals surface area contributed by atoms with Gasteiger partial charge in [-0.05, 0) is 30.2 Å². The van der Waals surface area contributed by atoms with Crippen molar-refractivity contribution in [2.24, 2.45) is 0 Å². The molecule has 2 atom stereocenters. The average Bonchev–Trinajstić information content (AvgIpc) is 3.27. The summed E-state index contributed by atoms with van der Waals surface area (Å²) in [5, 5.41) is 8.10. The fourth-order valence-corrected chi connectivity index (χ4v) is 4.39. The Balaban J connectivity index is 1.63. The lowest BCUT2D eigenvalue weighted by molar-refractivity contribution is 0.223. The molecule has 4 aromatic rings. The topological polar surface area (TPSA) is 52.0 Å². The number of aryl methyl sites for hydroxylation is 1. The number of ether oxygens (including phenoxy) is 1. The number of aromatic nitrogens is 3. The van der Waals surface area contributed by atoms with E-state index in [4.69, 9.17) is 4.74 Å². The molecule has 0 fully saturated rings. The molecule has 0 amide bonds. The lowest BCUT2D eigenvalue weighted by Gasteiger charge is -2.39. The van der Waals surface area contributed by atoms with Gasteiger partial charge in [-0.2, -0.15) is 10.1 Å². The number of nitrogens with one attached hydrogen (secondary N) is 1. The van der Waals surface area contributed by atoms with E-state index in [0.29, 0.717) is 0 Å². The van der Waals surface area contributed by atoms with E-state index in [0.717, 1.165) is 39.7 Å². The van der Waals surface area contributed by atoms with Gasteiger partial charge in [0, 0.05) is 11.1 Å². The minimum absolute atomic E-state index is 0.113. The number of anilines is 1. The number of hydrogen-bond donors (Lipinski definition) is 1. The molecule has 3 aromatic carbocycles. The van der Waals surface area contributed by atoms with Crippen molar-refractivity contribution in [3.05, 3.63) is 113 Å². The molecular formula is C25H20N4O. The summed E-state index contributed by atoms with van der Waals surface area (Å²) in [5.41, 5.74) is 6.74. The van der Waals surface area contributed by atoms with Crippen molar-refractivity contribution in [3.63, 3.8) is 0 Å². The van der Waals surface area contributed by atoms with Gasteiger partial charge in [0.15, 0.2) is 0 Å². The van der Waals surface area contributed by atoms with Gasteiger partial charge in [-0.15, -0.1) is 0 Å². The molecule has 1 N–H and O–H groups in total. The molecule has 6 rings (SSSR count). The van der Waals surface area contributed by atoms with E-state index < -0.39 is 0 Å². The quantitative estimate of drug-likeness (QED) is 0.513. The zero-order chi connectivity index (χ0) is 20.1. The highest BCUT2D eigenvalue weighted by Crippen LogP contribution is 2.50. The molecule has 146 valence electrons. The van der Waals surface area contributed by atoms with E-state index >= 15 is 0 Å². The van der Waals surface area contributed by atoms with Crippen LogP contribution in [0.4, 0.5) is 5.95 Å². The van der Waals surface area contributed by atoms with Crippen LogP contribution >= 0.6 is 0 Å². The van der Waals surface area contributed by atoms with E-state index in [-0.39, 0.29) is 12.1 Å². The number of rotatable bonds is 2. The molecular weight excluding hydrogens is 372 g/mol. The summed E-state index contributed by atoms with van der Waals surface area (Å²) in [7, 11) is 0. The average molecular weight is 392 g/mol. The van der Waals surface area contributed by atoms with Crippen molar-refractivity contribution in [3.8, 4) is 5.75 Å². The van der Waals surface area contributed by atoms with Gasteiger partial charge < -0.3 is 10.1 Å². The third kappa shape index (κ3) is 2.55. The van der Waals surface area contributed by atoms with Gasteiger partial charge >= 0.3 is 0 Å². The van der Waals surface area contributed by atoms with Crippen LogP contribution in [0.2, 0.25) is 0 Å². The van der Waals surface area contributed by atoms with E-state index in [9.17, 15) is 0 Å². The van der Waals surface area contributed by atoms with E-state index in [1.54, 1.807) is 6.33 Å². The monoisotopic (exact) mass is 392 g/mol. The van der Waals surface area contributed by atoms with Crippen LogP contribution in [0.1, 0.15) is 34.4 Å². The minimum Gasteiger partial charge on any atom is -0.480 e. The number of para-hydroxylation sites is 1. The van der Waals surface area contributed by atoms with Gasteiger partial charge in [-0.25, -0.2) is 4.68 Å². The number of fused-ring (bicyclic) bond motifs is 3. The van der Waals surface area contributed by atoms with Crippen LogP contribution in [0.3, 0.4) is 0 Å². The van der Waals surface area contributed by atoms with Crippen LogP contribution < -0.4 is 10.1 Å². The van der Waals surface area contributed by atoms with Gasteiger partial charge in [-0.1, -0.05) is 72.3 Å². The van der Waals surface area contributed by atoms with Gasteiger partial charge in [0.25, 0.3) is 0 Å². The molecule has 5 heteroatoms. The third-order valence-electron chi connectivity index (χ3n) is 5.82. The highest BCUT2D eigenvalue weighted by Gasteiger charge is 2.40. The molecule has 0 bridgehead atoms. The minimum atomic E-state index is -0.229. The summed E-state index contributed by atoms with van der Waals surface area (Å²) in [5.74, 6) is 1.61. The predicted molar refractivity (Wildman–Crippen MR) is 116 cm³/mol. The van der Waals surface area contributed by atoms with Crippen molar-refractivity contribution < 1.29 is 4.74 Å². The van der Waals surface area contributed by atoms with E-state index in [1.807, 2.05) is 28.9 Å². The third-order valence-corrected chi connectivity index (χ3v) is 5.82. The second-order valence-electron chi connectivity index (χ2n) is 7.70. The summed E-state index contributed by atoms with van der Waals surface area (Å²) in [4.78, 5) is 4.48. The predicted octanol–water partition coefficient (Wildman–Crippen LogP) is 5.15. The Morgan fingerprint density at radius 2 is 1.63 bits per heavy atom. The maximum absolute atomic E-state index is 6.60. The first kappa shape index (κ1) is 17.0. The highest BCUT2D eigenvalue weighted by molar-refractivity contribution is 5.85. The van der Waals surface area contributed by atoms with Crippen LogP contribution in [-0.2, 0) is 0 Å². The van der Waals surface area contributed by atoms with Gasteiger partial charge in [0.2, 0.25) is 5.95 Å². The number of hydrogen-bond acceptors (Lipinski definition) is 4. The lowest BCUT2D eigenvalue weighted by Crippen LogP contribution is -2.32. The summed E-state index contributed by atoms with van der Waals surface area (Å²) in [6.07, 6.45) is 1.37. The first-order valence-electron chi connectivity index (χ1n) is 10.1. The molecule has 0 radical (unpaired) electrons. The zero-order valence-electron chi connectivity index (χ0n) is 16.5. The molecule has 2 aliphatic rings. The van der Waals surface area contributed by atoms with Crippen LogP contribution in [0.25, 0.3) is 5.70 Å². The van der Waals surface area contributed by atoms with Gasteiger partial charge in [-0.3, -0.25) is 0 Å². The van der Waals surface area contributed by atoms with E-state index in [2.05, 4.69) is 76.9 Å². The van der Waals surface area contributed by atoms with Gasteiger partial charge in [0.1, 0.15) is 24.2 Å². The van der Waals surface area contributed by atoms with Crippen LogP contribution in [0.15, 0.2) is 90.8 Å². The van der Waals surface area contributed by atoms with Crippen molar-refractivity contribution in [2.45, 2.75) is 19.1 Å². The Hall–Kier alpha value is -3.86. The molecule has 0 saturated heterocycles. The largest absolute Gasteiger partial charge is 0.480 e. The molecule has 0 aliphatic carbocycles. The zero-order valence-corrected chi connectivity index (χ0v) is 16.5. The second-order valence-corrected chi connectivity index (χ2v) is 7.70. The molecule has 0 unspecified atom stereocenters. The smallest absolute Gasteiger partial charge is 0.226 e. The number of nitrogens with zero attached hydrogens (tertiary/aromatic N) is 3. The van der Waals surface area contributed by atoms with Crippen LogP contribution in [-0.4, -0.2) is 14.8 Å². The van der Waals surface area contributed by atoms with Crippen molar-refractivity contribution >= 4 is 11.6 Å². The summed E-state index contributed by atoms with van der Waals surface area (Å²) < 4.78 is 8.55. The SMILES string of the molecule is Cc1ccc([C@@H]2C3=C(Nc4ncnn42)c2ccccc2O[C@@H]3c2ccccc2)cc1. The molecule has 1 aromatic heterocycles. The summed E-state index contributed by atoms with van der Waals surface area (Å²) in [6.45, 7) is 2.10. The Morgan fingerprint density at radius 3 is 2.47 bits per heavy atom. The Kier molecular flexibility index (Phi) is 3.74. The molecule has 0 saturated carbocycles. The Morgan fingerprint density at radius 1 is 0.867 bits per heavy atom. The fourth-order valence-electron chi connectivity index (χ4n) is 4.39. The van der Waals surface area contributed by atoms with Crippen molar-refractivity contribution in [2.75, 3.05) is 5.32 Å². The lowest BCUT2D eigenvalue weighted by atomic mass is 9.84. The molecule has 3 heterocycles. The van der Waals surface area contributed by atoms with Gasteiger partial charge in [0.05, 0.1) is 5.70 Å². The number of benzene rings is 3. The maximum Gasteiger partial charge on any atom is 0.226 e. The molecule has 5 nitrogen and oxygen atoms in total. The van der Waals surface area contributed by atoms with Crippen LogP contribution in [0.5, 0.6) is 5.75 Å². The maximum atomic E-state index is 6.60. The highest BCUT2D eigenvalue weighted by atomic mass is 16.5. The normalized spacial score (nSPS) is 19.2. The van der Waals surface area contributed by atoms with E-state index in [1.165, 1.54) is 5.56 Å². The van der Waals surface area contributed by atoms with Crippen molar-refractivity contribution in [1.82, 2.24) is 14.8 Å². The summed E-state index contributed by atoms with van der Waals surface area (Å²) in [6, 6.07) is 27.1. The molecule has 2 aliphatic heterocycles. The Labute approximate surface area is 174 Å². The second kappa shape index (κ2) is 6.59. The van der Waals surface area contributed by atoms with Crippen molar-refractivity contribution in [1.29, 1.82) is 0 Å². The fraction of sp³-hybridized carbons (Fsp3) is 0.120. The summed E-state index contributed by atoms with van der Waals surface area (Å²) >= 11 is 0. The standard InChI is InChI=1S/C25H20N4O/c1-16-11-13-17(14-12-16)23-21-22(28-25-26-15-27-29(23)25)19-9-5-6-10-20(19)30-24(21)18-7-3-2-4-8-18/h2-15,23-24H,1H3,(H,26,27,28)/t23-,24-/m1/s1. The Bertz CT molecular complexity index is 1260. The van der Waals surface area contributed by atoms with Crippen LogP contribution in [0, 0.1) is 6.92 Å². The molecule has 30 heavy (non-hydrogen) atoms. The first-order valence-corrected chi connectivity index (χ1v) is 10.1. The first-order chi connectivity index (χ1) is 14.8. The molecule has 0 spiro atoms.